The number of Topliss-reactive ketones (excluding diaryl/α,β-unsaturated/α-hetero) is 1. The summed E-state index contributed by atoms with van der Waals surface area (Å²) in [4.78, 5) is 13.2. The van der Waals surface area contributed by atoms with Crippen molar-refractivity contribution >= 4 is 5.78 Å². The lowest BCUT2D eigenvalue weighted by Gasteiger charge is -2.16. The maximum absolute atomic E-state index is 13.2. The van der Waals surface area contributed by atoms with Crippen LogP contribution in [0.1, 0.15) is 127 Å². The molecule has 0 heterocycles. The number of rotatable bonds is 16. The number of ketones is 1. The molecule has 0 aliphatic rings. The van der Waals surface area contributed by atoms with E-state index in [1.165, 1.54) is 35.1 Å². The fourth-order valence-corrected chi connectivity index (χ4v) is 3.84. The van der Waals surface area contributed by atoms with Gasteiger partial charge < -0.3 is 0 Å². The molecule has 0 aromatic rings. The number of carbonyl (C=O) groups is 1. The Balaban J connectivity index is 4.96. The van der Waals surface area contributed by atoms with Gasteiger partial charge in [-0.15, -0.1) is 0 Å². The Bertz CT molecular complexity index is 629. The molecule has 31 heavy (non-hydrogen) atoms. The summed E-state index contributed by atoms with van der Waals surface area (Å²) in [5.41, 5.74) is 6.60. The lowest BCUT2D eigenvalue weighted by Crippen LogP contribution is -2.09. The third-order valence-electron chi connectivity index (χ3n) is 6.10. The first-order chi connectivity index (χ1) is 14.5. The Morgan fingerprint density at radius 3 is 1.45 bits per heavy atom. The highest BCUT2D eigenvalue weighted by Crippen LogP contribution is 2.25. The number of carbonyl (C=O) groups excluding carboxylic acids is 1. The Labute approximate surface area is 195 Å². The fourth-order valence-electron chi connectivity index (χ4n) is 3.84. The van der Waals surface area contributed by atoms with Crippen LogP contribution in [0, 0.1) is 11.8 Å². The van der Waals surface area contributed by atoms with E-state index < -0.39 is 0 Å². The molecule has 2 unspecified atom stereocenters. The van der Waals surface area contributed by atoms with Gasteiger partial charge in [-0.2, -0.15) is 0 Å². The summed E-state index contributed by atoms with van der Waals surface area (Å²) < 4.78 is 0. The van der Waals surface area contributed by atoms with Crippen molar-refractivity contribution in [3.05, 3.63) is 46.1 Å². The molecular weight excluding hydrogens is 376 g/mol. The molecule has 0 N–H and O–H groups in total. The maximum Gasteiger partial charge on any atom is 0.158 e. The smallest absolute Gasteiger partial charge is 0.158 e. The molecule has 0 aliphatic carbocycles. The van der Waals surface area contributed by atoms with E-state index in [2.05, 4.69) is 80.5 Å². The molecule has 0 spiro atoms. The molecule has 0 aliphatic heterocycles. The van der Waals surface area contributed by atoms with Gasteiger partial charge in [-0.3, -0.25) is 4.79 Å². The summed E-state index contributed by atoms with van der Waals surface area (Å²) in [6, 6.07) is 0. The fraction of sp³-hybridized carbons (Fsp3) is 0.700. The van der Waals surface area contributed by atoms with E-state index in [1.807, 2.05) is 0 Å². The molecule has 0 amide bonds. The Morgan fingerprint density at radius 1 is 0.581 bits per heavy atom. The predicted octanol–water partition coefficient (Wildman–Crippen LogP) is 9.94. The third kappa shape index (κ3) is 16.9. The zero-order valence-corrected chi connectivity index (χ0v) is 22.4. The van der Waals surface area contributed by atoms with Crippen molar-refractivity contribution in [3.8, 4) is 0 Å². The highest BCUT2D eigenvalue weighted by Gasteiger charge is 2.15. The highest BCUT2D eigenvalue weighted by atomic mass is 16.1. The van der Waals surface area contributed by atoms with Crippen LogP contribution in [-0.2, 0) is 4.79 Å². The topological polar surface area (TPSA) is 17.1 Å². The number of allylic oxidation sites excluding steroid dienone is 8. The summed E-state index contributed by atoms with van der Waals surface area (Å²) in [6.45, 7) is 19.8. The number of hydrogen-bond donors (Lipinski definition) is 0. The summed E-state index contributed by atoms with van der Waals surface area (Å²) >= 11 is 0. The third-order valence-corrected chi connectivity index (χ3v) is 6.10. The summed E-state index contributed by atoms with van der Waals surface area (Å²) in [5, 5.41) is 0. The van der Waals surface area contributed by atoms with Crippen molar-refractivity contribution < 1.29 is 4.79 Å². The zero-order valence-electron chi connectivity index (χ0n) is 22.4. The minimum absolute atomic E-state index is 0.403. The van der Waals surface area contributed by atoms with E-state index in [0.717, 1.165) is 50.5 Å². The normalized spacial score (nSPS) is 13.7. The van der Waals surface area contributed by atoms with E-state index in [9.17, 15) is 4.79 Å². The van der Waals surface area contributed by atoms with Gasteiger partial charge in [0.1, 0.15) is 0 Å². The molecule has 0 saturated carbocycles. The average molecular weight is 429 g/mol. The first kappa shape index (κ1) is 29.6. The van der Waals surface area contributed by atoms with Gasteiger partial charge in [0.25, 0.3) is 0 Å². The van der Waals surface area contributed by atoms with Crippen molar-refractivity contribution in [3.63, 3.8) is 0 Å². The van der Waals surface area contributed by atoms with Crippen LogP contribution in [0.25, 0.3) is 0 Å². The first-order valence-electron chi connectivity index (χ1n) is 12.6. The molecular formula is C30H52O. The monoisotopic (exact) mass is 428 g/mol. The van der Waals surface area contributed by atoms with Crippen molar-refractivity contribution in [2.75, 3.05) is 0 Å². The Morgan fingerprint density at radius 2 is 1.00 bits per heavy atom. The minimum atomic E-state index is 0.403. The second kappa shape index (κ2) is 17.2. The van der Waals surface area contributed by atoms with E-state index in [0.29, 0.717) is 24.0 Å². The molecule has 0 aromatic heterocycles. The van der Waals surface area contributed by atoms with E-state index in [1.54, 1.807) is 0 Å². The molecule has 178 valence electrons. The van der Waals surface area contributed by atoms with Crippen molar-refractivity contribution in [2.45, 2.75) is 127 Å². The summed E-state index contributed by atoms with van der Waals surface area (Å²) in [7, 11) is 0. The van der Waals surface area contributed by atoms with E-state index in [-0.39, 0.29) is 0 Å². The van der Waals surface area contributed by atoms with Gasteiger partial charge in [0, 0.05) is 6.42 Å². The summed E-state index contributed by atoms with van der Waals surface area (Å²) in [6.07, 6.45) is 17.4. The largest absolute Gasteiger partial charge is 0.295 e. The van der Waals surface area contributed by atoms with Gasteiger partial charge >= 0.3 is 0 Å². The van der Waals surface area contributed by atoms with Gasteiger partial charge in [0.15, 0.2) is 5.78 Å². The van der Waals surface area contributed by atoms with Gasteiger partial charge in [0.05, 0.1) is 0 Å². The lowest BCUT2D eigenvalue weighted by molar-refractivity contribution is -0.116. The minimum Gasteiger partial charge on any atom is -0.295 e. The quantitative estimate of drug-likeness (QED) is 0.176. The second-order valence-corrected chi connectivity index (χ2v) is 10.5. The molecule has 0 bridgehead atoms. The number of hydrogen-bond acceptors (Lipinski definition) is 1. The van der Waals surface area contributed by atoms with Crippen molar-refractivity contribution in [1.82, 2.24) is 0 Å². The molecule has 2 atom stereocenters. The van der Waals surface area contributed by atoms with Crippen LogP contribution < -0.4 is 0 Å². The van der Waals surface area contributed by atoms with E-state index in [4.69, 9.17) is 0 Å². The Kier molecular flexibility index (Phi) is 16.5. The SMILES string of the molecule is CC(C)=CCC/C(C)=C(\CCC(C)CCC=C(C)C)C(=O)CCC(C)CCC=C(C)C. The molecule has 0 fully saturated rings. The average Bonchev–Trinajstić information content (AvgIpc) is 2.65. The van der Waals surface area contributed by atoms with Crippen LogP contribution in [0.4, 0.5) is 0 Å². The lowest BCUT2D eigenvalue weighted by atomic mass is 9.88. The van der Waals surface area contributed by atoms with Crippen LogP contribution in [-0.4, -0.2) is 5.78 Å². The summed E-state index contributed by atoms with van der Waals surface area (Å²) in [5.74, 6) is 1.67. The molecule has 1 nitrogen and oxygen atoms in total. The van der Waals surface area contributed by atoms with Gasteiger partial charge in [0.2, 0.25) is 0 Å². The van der Waals surface area contributed by atoms with Crippen LogP contribution >= 0.6 is 0 Å². The van der Waals surface area contributed by atoms with Crippen LogP contribution in [0.5, 0.6) is 0 Å². The molecule has 0 saturated heterocycles. The Hall–Kier alpha value is -1.37. The highest BCUT2D eigenvalue weighted by molar-refractivity contribution is 5.95. The zero-order chi connectivity index (χ0) is 23.8. The van der Waals surface area contributed by atoms with Gasteiger partial charge in [-0.25, -0.2) is 0 Å². The molecule has 0 aromatic carbocycles. The first-order valence-corrected chi connectivity index (χ1v) is 12.6. The molecule has 0 rings (SSSR count). The molecule has 0 radical (unpaired) electrons. The van der Waals surface area contributed by atoms with Crippen molar-refractivity contribution in [1.29, 1.82) is 0 Å². The van der Waals surface area contributed by atoms with Crippen LogP contribution in [0.2, 0.25) is 0 Å². The van der Waals surface area contributed by atoms with Crippen LogP contribution in [0.3, 0.4) is 0 Å². The van der Waals surface area contributed by atoms with Gasteiger partial charge in [-0.1, -0.05) is 54.4 Å². The standard InChI is InChI=1S/C30H52O/c1-23(2)13-10-16-26(7)19-21-29(28(9)18-12-15-25(5)6)30(31)22-20-27(8)17-11-14-24(3)4/h13-15,26-27H,10-12,16-22H2,1-9H3/b29-28+. The van der Waals surface area contributed by atoms with Crippen LogP contribution in [0.15, 0.2) is 46.1 Å². The van der Waals surface area contributed by atoms with Crippen molar-refractivity contribution in [2.24, 2.45) is 11.8 Å². The molecule has 1 heteroatoms. The van der Waals surface area contributed by atoms with E-state index >= 15 is 0 Å². The maximum atomic E-state index is 13.2. The predicted molar refractivity (Wildman–Crippen MR) is 140 cm³/mol. The van der Waals surface area contributed by atoms with Gasteiger partial charge in [-0.05, 0) is 124 Å². The second-order valence-electron chi connectivity index (χ2n) is 10.5.